The van der Waals surface area contributed by atoms with E-state index in [1.165, 1.54) is 18.2 Å². The second-order valence-corrected chi connectivity index (χ2v) is 7.75. The van der Waals surface area contributed by atoms with E-state index in [9.17, 15) is 14.3 Å². The smallest absolute Gasteiger partial charge is 0.407 e. The molecule has 148 valence electrons. The second-order valence-electron chi connectivity index (χ2n) is 6.90. The van der Waals surface area contributed by atoms with Crippen LogP contribution in [0.5, 0.6) is 0 Å². The number of fused-ring (bicyclic) bond motifs is 3. The Balaban J connectivity index is 1.37. The molecule has 0 spiro atoms. The normalized spacial score (nSPS) is 13.5. The fraction of sp³-hybridized carbons (Fsp3) is 0.174. The molecule has 4 nitrogen and oxygen atoms in total. The van der Waals surface area contributed by atoms with E-state index in [2.05, 4.69) is 45.5 Å². The Hall–Kier alpha value is -2.70. The van der Waals surface area contributed by atoms with Crippen molar-refractivity contribution >= 4 is 22.0 Å². The third-order valence-electron chi connectivity index (χ3n) is 5.11. The Bertz CT molecular complexity index is 1010. The lowest BCUT2D eigenvalue weighted by Crippen LogP contribution is -2.30. The maximum absolute atomic E-state index is 13.3. The van der Waals surface area contributed by atoms with Gasteiger partial charge in [-0.3, -0.25) is 0 Å². The minimum Gasteiger partial charge on any atom is -0.449 e. The summed E-state index contributed by atoms with van der Waals surface area (Å²) in [7, 11) is 0. The van der Waals surface area contributed by atoms with Crippen molar-refractivity contribution in [2.24, 2.45) is 0 Å². The maximum Gasteiger partial charge on any atom is 0.407 e. The van der Waals surface area contributed by atoms with E-state index in [1.807, 2.05) is 24.3 Å². The summed E-state index contributed by atoms with van der Waals surface area (Å²) in [4.78, 5) is 12.2. The van der Waals surface area contributed by atoms with E-state index < -0.39 is 18.0 Å². The molecule has 0 bridgehead atoms. The molecule has 0 aromatic heterocycles. The molecule has 0 aliphatic heterocycles. The van der Waals surface area contributed by atoms with Crippen LogP contribution in [0.2, 0.25) is 0 Å². The topological polar surface area (TPSA) is 58.6 Å². The number of benzene rings is 3. The summed E-state index contributed by atoms with van der Waals surface area (Å²) in [6.45, 7) is 0.173. The lowest BCUT2D eigenvalue weighted by Gasteiger charge is -2.16. The quantitative estimate of drug-likeness (QED) is 0.558. The highest BCUT2D eigenvalue weighted by molar-refractivity contribution is 9.10. The molecule has 0 unspecified atom stereocenters. The van der Waals surface area contributed by atoms with Crippen molar-refractivity contribution in [1.82, 2.24) is 5.32 Å². The zero-order valence-corrected chi connectivity index (χ0v) is 17.0. The molecule has 1 aliphatic rings. The number of amides is 1. The number of carbonyl (C=O) groups is 1. The summed E-state index contributed by atoms with van der Waals surface area (Å²) >= 11 is 3.09. The van der Waals surface area contributed by atoms with Crippen molar-refractivity contribution in [1.29, 1.82) is 0 Å². The van der Waals surface area contributed by atoms with Crippen LogP contribution in [0.15, 0.2) is 71.2 Å². The zero-order chi connectivity index (χ0) is 20.4. The van der Waals surface area contributed by atoms with Gasteiger partial charge in [0.2, 0.25) is 0 Å². The number of aliphatic hydroxyl groups excluding tert-OH is 1. The van der Waals surface area contributed by atoms with E-state index in [0.717, 1.165) is 22.3 Å². The Morgan fingerprint density at radius 2 is 1.69 bits per heavy atom. The van der Waals surface area contributed by atoms with E-state index in [1.54, 1.807) is 0 Å². The number of nitrogens with one attached hydrogen (secondary N) is 1. The first-order valence-corrected chi connectivity index (χ1v) is 10.1. The van der Waals surface area contributed by atoms with Crippen molar-refractivity contribution in [3.05, 3.63) is 93.7 Å². The zero-order valence-electron chi connectivity index (χ0n) is 15.4. The van der Waals surface area contributed by atoms with Crippen LogP contribution in [0.25, 0.3) is 11.1 Å². The molecule has 1 atom stereocenters. The maximum atomic E-state index is 13.3. The van der Waals surface area contributed by atoms with Crippen LogP contribution in [0, 0.1) is 5.82 Å². The standard InChI is InChI=1S/C23H19BrFNO3/c24-20-11-14(9-10-21(20)25)22(27)12-26-23(28)29-13-19-17-7-3-1-5-15(17)16-6-2-4-8-18(16)19/h1-11,19,22,27H,12-13H2,(H,26,28)/t22-/m0/s1. The largest absolute Gasteiger partial charge is 0.449 e. The first-order chi connectivity index (χ1) is 14.0. The molecule has 0 saturated heterocycles. The molecular weight excluding hydrogens is 437 g/mol. The molecule has 0 radical (unpaired) electrons. The number of hydrogen-bond donors (Lipinski definition) is 2. The van der Waals surface area contributed by atoms with Gasteiger partial charge >= 0.3 is 6.09 Å². The minimum atomic E-state index is -0.965. The summed E-state index contributed by atoms with van der Waals surface area (Å²) < 4.78 is 19.0. The average Bonchev–Trinajstić information content (AvgIpc) is 3.06. The molecular formula is C23H19BrFNO3. The van der Waals surface area contributed by atoms with Gasteiger partial charge in [-0.25, -0.2) is 9.18 Å². The Labute approximate surface area is 176 Å². The Kier molecular flexibility index (Phi) is 5.65. The van der Waals surface area contributed by atoms with Gasteiger partial charge in [0, 0.05) is 5.92 Å². The summed E-state index contributed by atoms with van der Waals surface area (Å²) in [5.74, 6) is -0.434. The van der Waals surface area contributed by atoms with Gasteiger partial charge in [-0.2, -0.15) is 0 Å². The van der Waals surface area contributed by atoms with Crippen LogP contribution in [-0.2, 0) is 4.74 Å². The van der Waals surface area contributed by atoms with Gasteiger partial charge in [0.25, 0.3) is 0 Å². The van der Waals surface area contributed by atoms with E-state index >= 15 is 0 Å². The third-order valence-corrected chi connectivity index (χ3v) is 5.72. The highest BCUT2D eigenvalue weighted by atomic mass is 79.9. The first-order valence-electron chi connectivity index (χ1n) is 9.26. The van der Waals surface area contributed by atoms with Crippen molar-refractivity contribution in [2.45, 2.75) is 12.0 Å². The van der Waals surface area contributed by atoms with Gasteiger partial charge in [0.15, 0.2) is 0 Å². The number of carbonyl (C=O) groups excluding carboxylic acids is 1. The Morgan fingerprint density at radius 3 is 2.31 bits per heavy atom. The molecule has 6 heteroatoms. The molecule has 0 heterocycles. The molecule has 4 rings (SSSR count). The summed E-state index contributed by atoms with van der Waals surface area (Å²) in [5.41, 5.74) is 5.09. The molecule has 0 fully saturated rings. The minimum absolute atomic E-state index is 0.0221. The van der Waals surface area contributed by atoms with Crippen LogP contribution in [0.1, 0.15) is 28.7 Å². The fourth-order valence-electron chi connectivity index (χ4n) is 3.67. The van der Waals surface area contributed by atoms with Crippen LogP contribution in [0.3, 0.4) is 0 Å². The van der Waals surface area contributed by atoms with Crippen molar-refractivity contribution < 1.29 is 19.0 Å². The first kappa shape index (κ1) is 19.6. The SMILES string of the molecule is O=C(NC[C@H](O)c1ccc(F)c(Br)c1)OCC1c2ccccc2-c2ccccc21. The molecule has 1 amide bonds. The second kappa shape index (κ2) is 8.35. The molecule has 2 N–H and O–H groups in total. The third kappa shape index (κ3) is 4.04. The van der Waals surface area contributed by atoms with Crippen LogP contribution in [-0.4, -0.2) is 24.4 Å². The average molecular weight is 456 g/mol. The predicted molar refractivity (Wildman–Crippen MR) is 112 cm³/mol. The van der Waals surface area contributed by atoms with Crippen LogP contribution in [0.4, 0.5) is 9.18 Å². The number of alkyl carbamates (subject to hydrolysis) is 1. The summed E-state index contributed by atoms with van der Waals surface area (Å²) in [6.07, 6.45) is -1.57. The van der Waals surface area contributed by atoms with Gasteiger partial charge in [-0.05, 0) is 55.9 Å². The van der Waals surface area contributed by atoms with Crippen LogP contribution < -0.4 is 5.32 Å². The van der Waals surface area contributed by atoms with Gasteiger partial charge in [0.05, 0.1) is 17.1 Å². The van der Waals surface area contributed by atoms with Gasteiger partial charge < -0.3 is 15.2 Å². The van der Waals surface area contributed by atoms with E-state index in [-0.39, 0.29) is 23.5 Å². The monoisotopic (exact) mass is 455 g/mol. The number of halogens is 2. The summed E-state index contributed by atoms with van der Waals surface area (Å²) in [6, 6.07) is 20.4. The van der Waals surface area contributed by atoms with Crippen molar-refractivity contribution in [3.63, 3.8) is 0 Å². The van der Waals surface area contributed by atoms with E-state index in [4.69, 9.17) is 4.74 Å². The highest BCUT2D eigenvalue weighted by Gasteiger charge is 2.29. The highest BCUT2D eigenvalue weighted by Crippen LogP contribution is 2.44. The number of ether oxygens (including phenoxy) is 1. The van der Waals surface area contributed by atoms with Gasteiger partial charge in [-0.15, -0.1) is 0 Å². The number of aliphatic hydroxyl groups is 1. The van der Waals surface area contributed by atoms with Crippen LogP contribution >= 0.6 is 15.9 Å². The lowest BCUT2D eigenvalue weighted by molar-refractivity contribution is 0.128. The molecule has 1 aliphatic carbocycles. The lowest BCUT2D eigenvalue weighted by atomic mass is 9.98. The number of hydrogen-bond acceptors (Lipinski definition) is 3. The number of rotatable bonds is 5. The molecule has 0 saturated carbocycles. The van der Waals surface area contributed by atoms with Gasteiger partial charge in [0.1, 0.15) is 12.4 Å². The van der Waals surface area contributed by atoms with Gasteiger partial charge in [-0.1, -0.05) is 54.6 Å². The molecule has 3 aromatic carbocycles. The summed E-state index contributed by atoms with van der Waals surface area (Å²) in [5, 5.41) is 12.8. The van der Waals surface area contributed by atoms with Crippen molar-refractivity contribution in [3.8, 4) is 11.1 Å². The molecule has 29 heavy (non-hydrogen) atoms. The predicted octanol–water partition coefficient (Wildman–Crippen LogP) is 5.16. The van der Waals surface area contributed by atoms with E-state index in [0.29, 0.717) is 5.56 Å². The molecule has 3 aromatic rings. The van der Waals surface area contributed by atoms with Crippen molar-refractivity contribution in [2.75, 3.05) is 13.2 Å². The Morgan fingerprint density at radius 1 is 1.07 bits per heavy atom. The fourth-order valence-corrected chi connectivity index (χ4v) is 4.06.